The van der Waals surface area contributed by atoms with Crippen LogP contribution in [0.15, 0.2) is 66.7 Å². The molecule has 2 amide bonds. The Bertz CT molecular complexity index is 1490. The summed E-state index contributed by atoms with van der Waals surface area (Å²) in [6.07, 6.45) is 1.60. The predicted octanol–water partition coefficient (Wildman–Crippen LogP) is 5.31. The second-order valence-corrected chi connectivity index (χ2v) is 13.4. The van der Waals surface area contributed by atoms with E-state index in [4.69, 9.17) is 0 Å². The molecule has 1 aliphatic rings. The topological polar surface area (TPSA) is 104 Å². The van der Waals surface area contributed by atoms with Crippen molar-refractivity contribution >= 4 is 27.5 Å². The molecular formula is C30H35N3O4S. The Kier molecular flexibility index (Phi) is 7.14. The van der Waals surface area contributed by atoms with Gasteiger partial charge in [0, 0.05) is 22.4 Å². The molecule has 8 heteroatoms. The van der Waals surface area contributed by atoms with Gasteiger partial charge in [0.05, 0.1) is 12.3 Å². The summed E-state index contributed by atoms with van der Waals surface area (Å²) in [6, 6.07) is 21.0. The molecule has 0 saturated carbocycles. The van der Waals surface area contributed by atoms with E-state index in [1.54, 1.807) is 12.1 Å². The van der Waals surface area contributed by atoms with E-state index in [0.29, 0.717) is 12.0 Å². The van der Waals surface area contributed by atoms with Crippen LogP contribution in [0.1, 0.15) is 72.5 Å². The van der Waals surface area contributed by atoms with E-state index < -0.39 is 15.9 Å². The van der Waals surface area contributed by atoms with Crippen LogP contribution >= 0.6 is 0 Å². The predicted molar refractivity (Wildman–Crippen MR) is 152 cm³/mol. The summed E-state index contributed by atoms with van der Waals surface area (Å²) in [5.74, 6) is -0.784. The summed E-state index contributed by atoms with van der Waals surface area (Å²) in [4.78, 5) is 25.5. The first-order valence-electron chi connectivity index (χ1n) is 12.6. The molecule has 1 aliphatic heterocycles. The number of nitrogens with one attached hydrogen (secondary N) is 3. The van der Waals surface area contributed by atoms with Crippen LogP contribution in [-0.2, 0) is 16.4 Å². The summed E-state index contributed by atoms with van der Waals surface area (Å²) in [6.45, 7) is 10.2. The molecule has 1 heterocycles. The SMILES string of the molecule is CC(C)(C)NC(=O)c1ccc(-c2ccccc2)c(C2Nc3ccc(C(=O)NS(C)(=O)=O)cc3CC2(C)C)c1. The molecule has 1 atom stereocenters. The molecule has 7 nitrogen and oxygen atoms in total. The molecule has 0 radical (unpaired) electrons. The Morgan fingerprint density at radius 3 is 2.18 bits per heavy atom. The van der Waals surface area contributed by atoms with E-state index in [-0.39, 0.29) is 28.5 Å². The number of carbonyl (C=O) groups is 2. The van der Waals surface area contributed by atoms with Crippen LogP contribution in [0, 0.1) is 5.41 Å². The van der Waals surface area contributed by atoms with Crippen molar-refractivity contribution in [2.75, 3.05) is 11.6 Å². The third-order valence-electron chi connectivity index (χ3n) is 6.57. The van der Waals surface area contributed by atoms with Gasteiger partial charge in [-0.2, -0.15) is 0 Å². The van der Waals surface area contributed by atoms with Crippen LogP contribution in [0.4, 0.5) is 5.69 Å². The van der Waals surface area contributed by atoms with Crippen LogP contribution in [0.25, 0.3) is 11.1 Å². The fraction of sp³-hybridized carbons (Fsp3) is 0.333. The van der Waals surface area contributed by atoms with Crippen molar-refractivity contribution in [3.63, 3.8) is 0 Å². The van der Waals surface area contributed by atoms with Gasteiger partial charge in [0.2, 0.25) is 10.0 Å². The summed E-state index contributed by atoms with van der Waals surface area (Å²) in [7, 11) is -3.66. The minimum Gasteiger partial charge on any atom is -0.377 e. The molecule has 4 rings (SSSR count). The number of amides is 2. The molecule has 0 spiro atoms. The van der Waals surface area contributed by atoms with Gasteiger partial charge in [-0.05, 0) is 85.2 Å². The van der Waals surface area contributed by atoms with Crippen molar-refractivity contribution in [3.05, 3.63) is 89.0 Å². The number of anilines is 1. The highest BCUT2D eigenvalue weighted by Crippen LogP contribution is 2.47. The van der Waals surface area contributed by atoms with E-state index in [1.165, 1.54) is 0 Å². The maximum absolute atomic E-state index is 13.1. The average Bonchev–Trinajstić information content (AvgIpc) is 2.80. The maximum Gasteiger partial charge on any atom is 0.264 e. The first-order chi connectivity index (χ1) is 17.6. The van der Waals surface area contributed by atoms with Gasteiger partial charge < -0.3 is 10.6 Å². The smallest absolute Gasteiger partial charge is 0.264 e. The second kappa shape index (κ2) is 9.91. The Morgan fingerprint density at radius 1 is 0.921 bits per heavy atom. The Hall–Kier alpha value is -3.65. The van der Waals surface area contributed by atoms with Crippen molar-refractivity contribution in [1.29, 1.82) is 0 Å². The Morgan fingerprint density at radius 2 is 1.55 bits per heavy atom. The van der Waals surface area contributed by atoms with Gasteiger partial charge in [0.25, 0.3) is 11.8 Å². The van der Waals surface area contributed by atoms with Crippen molar-refractivity contribution in [3.8, 4) is 11.1 Å². The van der Waals surface area contributed by atoms with Crippen molar-refractivity contribution in [2.45, 2.75) is 52.6 Å². The largest absolute Gasteiger partial charge is 0.377 e. The zero-order chi connectivity index (χ0) is 27.9. The monoisotopic (exact) mass is 533 g/mol. The van der Waals surface area contributed by atoms with E-state index in [9.17, 15) is 18.0 Å². The molecule has 3 N–H and O–H groups in total. The molecule has 38 heavy (non-hydrogen) atoms. The molecule has 1 unspecified atom stereocenters. The first kappa shape index (κ1) is 27.4. The molecule has 0 saturated heterocycles. The van der Waals surface area contributed by atoms with Crippen molar-refractivity contribution in [1.82, 2.24) is 10.0 Å². The number of carbonyl (C=O) groups excluding carboxylic acids is 2. The van der Waals surface area contributed by atoms with E-state index in [1.807, 2.05) is 68.0 Å². The van der Waals surface area contributed by atoms with Gasteiger partial charge >= 0.3 is 0 Å². The fourth-order valence-corrected chi connectivity index (χ4v) is 5.38. The van der Waals surface area contributed by atoms with Crippen molar-refractivity contribution in [2.24, 2.45) is 5.41 Å². The van der Waals surface area contributed by atoms with Gasteiger partial charge in [0.1, 0.15) is 0 Å². The lowest BCUT2D eigenvalue weighted by molar-refractivity contribution is 0.0918. The van der Waals surface area contributed by atoms with Crippen molar-refractivity contribution < 1.29 is 18.0 Å². The van der Waals surface area contributed by atoms with Gasteiger partial charge in [-0.1, -0.05) is 50.2 Å². The maximum atomic E-state index is 13.1. The second-order valence-electron chi connectivity index (χ2n) is 11.7. The lowest BCUT2D eigenvalue weighted by Crippen LogP contribution is -2.40. The molecular weight excluding hydrogens is 498 g/mol. The number of hydrogen-bond donors (Lipinski definition) is 3. The highest BCUT2D eigenvalue weighted by Gasteiger charge is 2.38. The summed E-state index contributed by atoms with van der Waals surface area (Å²) in [5, 5.41) is 6.71. The van der Waals surface area contributed by atoms with E-state index >= 15 is 0 Å². The number of benzene rings is 3. The highest BCUT2D eigenvalue weighted by atomic mass is 32.2. The van der Waals surface area contributed by atoms with Gasteiger partial charge in [-0.3, -0.25) is 9.59 Å². The number of fused-ring (bicyclic) bond motifs is 1. The van der Waals surface area contributed by atoms with Gasteiger partial charge in [-0.25, -0.2) is 13.1 Å². The molecule has 0 aromatic heterocycles. The molecule has 0 aliphatic carbocycles. The number of rotatable bonds is 5. The molecule has 3 aromatic rings. The average molecular weight is 534 g/mol. The summed E-state index contributed by atoms with van der Waals surface area (Å²) < 4.78 is 25.1. The normalized spacial score (nSPS) is 16.6. The molecule has 0 fully saturated rings. The third kappa shape index (κ3) is 6.25. The third-order valence-corrected chi connectivity index (χ3v) is 7.13. The first-order valence-corrected chi connectivity index (χ1v) is 14.5. The lowest BCUT2D eigenvalue weighted by atomic mass is 9.71. The minimum atomic E-state index is -3.66. The van der Waals surface area contributed by atoms with Crippen LogP contribution in [-0.4, -0.2) is 32.0 Å². The molecule has 200 valence electrons. The quantitative estimate of drug-likeness (QED) is 0.413. The lowest BCUT2D eigenvalue weighted by Gasteiger charge is -2.42. The van der Waals surface area contributed by atoms with Crippen LogP contribution in [0.3, 0.4) is 0 Å². The highest BCUT2D eigenvalue weighted by molar-refractivity contribution is 7.89. The van der Waals surface area contributed by atoms with E-state index in [0.717, 1.165) is 34.2 Å². The Balaban J connectivity index is 1.77. The van der Waals surface area contributed by atoms with Crippen LogP contribution in [0.5, 0.6) is 0 Å². The Labute approximate surface area is 225 Å². The fourth-order valence-electron chi connectivity index (χ4n) is 4.93. The number of sulfonamides is 1. The molecule has 3 aromatic carbocycles. The van der Waals surface area contributed by atoms with Crippen LogP contribution < -0.4 is 15.4 Å². The van der Waals surface area contributed by atoms with Gasteiger partial charge in [-0.15, -0.1) is 0 Å². The van der Waals surface area contributed by atoms with E-state index in [2.05, 4.69) is 36.6 Å². The molecule has 0 bridgehead atoms. The zero-order valence-corrected chi connectivity index (χ0v) is 23.5. The van der Waals surface area contributed by atoms with Gasteiger partial charge in [0.15, 0.2) is 0 Å². The summed E-state index contributed by atoms with van der Waals surface area (Å²) in [5.41, 5.74) is 5.11. The number of hydrogen-bond acceptors (Lipinski definition) is 5. The standard InChI is InChI=1S/C30H35N3O4S/c1-29(2,3)32-27(34)21-12-14-23(19-10-8-7-9-11-19)24(17-21)26-30(4,5)18-22-16-20(13-15-25(22)31-26)28(35)33-38(6,36)37/h7-17,26,31H,18H2,1-6H3,(H,32,34)(H,33,35). The van der Waals surface area contributed by atoms with Crippen LogP contribution in [0.2, 0.25) is 0 Å². The minimum absolute atomic E-state index is 0.131. The summed E-state index contributed by atoms with van der Waals surface area (Å²) >= 11 is 0. The zero-order valence-electron chi connectivity index (χ0n) is 22.7.